The number of fused-ring (bicyclic) bond motifs is 1. The molecular weight excluding hydrogens is 530 g/mol. The first-order valence-electron chi connectivity index (χ1n) is 13.3. The molecule has 9 N–H and O–H groups in total. The Labute approximate surface area is 237 Å². The summed E-state index contributed by atoms with van der Waals surface area (Å²) in [5, 5.41) is 37.6. The van der Waals surface area contributed by atoms with E-state index >= 15 is 0 Å². The van der Waals surface area contributed by atoms with Gasteiger partial charge in [0.15, 0.2) is 0 Å². The van der Waals surface area contributed by atoms with Gasteiger partial charge in [0.1, 0.15) is 29.9 Å². The van der Waals surface area contributed by atoms with Gasteiger partial charge in [0.05, 0.1) is 6.10 Å². The molecule has 5 unspecified atom stereocenters. The van der Waals surface area contributed by atoms with Crippen molar-refractivity contribution >= 4 is 34.6 Å². The monoisotopic (exact) mass is 567 g/mol. The summed E-state index contributed by atoms with van der Waals surface area (Å²) in [5.41, 5.74) is 7.84. The molecule has 0 aliphatic carbocycles. The number of phenolic OH excluding ortho intramolecular Hbond substituents is 1. The number of amides is 3. The number of aromatic nitrogens is 1. The number of hydrogen-bond donors (Lipinski definition) is 8. The lowest BCUT2D eigenvalue weighted by Crippen LogP contribution is -2.59. The van der Waals surface area contributed by atoms with E-state index in [1.165, 1.54) is 19.1 Å². The van der Waals surface area contributed by atoms with Crippen molar-refractivity contribution in [3.63, 3.8) is 0 Å². The molecule has 0 radical (unpaired) electrons. The average molecular weight is 568 g/mol. The number of phenols is 1. The molecular formula is C29H37N5O7. The van der Waals surface area contributed by atoms with Crippen LogP contribution >= 0.6 is 0 Å². The number of carbonyl (C=O) groups is 4. The number of nitrogens with one attached hydrogen (secondary N) is 4. The molecule has 0 aliphatic rings. The molecule has 0 aliphatic heterocycles. The lowest BCUT2D eigenvalue weighted by Gasteiger charge is -2.27. The lowest BCUT2D eigenvalue weighted by molar-refractivity contribution is -0.142. The van der Waals surface area contributed by atoms with Gasteiger partial charge in [0, 0.05) is 29.9 Å². The average Bonchev–Trinajstić information content (AvgIpc) is 3.33. The number of aliphatic carboxylic acids is 1. The van der Waals surface area contributed by atoms with Crippen LogP contribution in [0.2, 0.25) is 0 Å². The zero-order chi connectivity index (χ0) is 30.3. The van der Waals surface area contributed by atoms with Gasteiger partial charge in [-0.05, 0) is 42.2 Å². The molecule has 1 aromatic heterocycles. The second kappa shape index (κ2) is 13.8. The highest BCUT2D eigenvalue weighted by Crippen LogP contribution is 2.20. The number of hydrogen-bond acceptors (Lipinski definition) is 7. The first-order valence-corrected chi connectivity index (χ1v) is 13.3. The normalized spacial score (nSPS) is 15.0. The second-order valence-corrected chi connectivity index (χ2v) is 10.4. The highest BCUT2D eigenvalue weighted by atomic mass is 16.4. The lowest BCUT2D eigenvalue weighted by atomic mass is 9.99. The smallest absolute Gasteiger partial charge is 0.326 e. The van der Waals surface area contributed by atoms with E-state index in [1.807, 2.05) is 24.3 Å². The van der Waals surface area contributed by atoms with Crippen LogP contribution in [0.15, 0.2) is 54.7 Å². The van der Waals surface area contributed by atoms with Crippen molar-refractivity contribution < 1.29 is 34.5 Å². The van der Waals surface area contributed by atoms with Gasteiger partial charge < -0.3 is 42.0 Å². The van der Waals surface area contributed by atoms with E-state index in [-0.39, 0.29) is 18.6 Å². The molecule has 3 rings (SSSR count). The van der Waals surface area contributed by atoms with Crippen LogP contribution in [-0.4, -0.2) is 74.3 Å². The van der Waals surface area contributed by atoms with Gasteiger partial charge in [0.2, 0.25) is 17.7 Å². The van der Waals surface area contributed by atoms with Crippen molar-refractivity contribution in [1.29, 1.82) is 0 Å². The molecule has 5 atom stereocenters. The van der Waals surface area contributed by atoms with E-state index in [4.69, 9.17) is 5.73 Å². The molecule has 2 aromatic carbocycles. The van der Waals surface area contributed by atoms with E-state index in [1.54, 1.807) is 32.2 Å². The van der Waals surface area contributed by atoms with Crippen LogP contribution in [0, 0.1) is 5.92 Å². The minimum atomic E-state index is -1.32. The Kier molecular flexibility index (Phi) is 10.5. The molecule has 220 valence electrons. The van der Waals surface area contributed by atoms with E-state index in [0.717, 1.165) is 10.9 Å². The molecule has 12 heteroatoms. The zero-order valence-electron chi connectivity index (χ0n) is 23.1. The van der Waals surface area contributed by atoms with Crippen LogP contribution in [0.1, 0.15) is 31.9 Å². The van der Waals surface area contributed by atoms with Gasteiger partial charge in [-0.25, -0.2) is 4.79 Å². The van der Waals surface area contributed by atoms with E-state index in [2.05, 4.69) is 20.9 Å². The molecule has 0 bridgehead atoms. The highest BCUT2D eigenvalue weighted by Gasteiger charge is 2.33. The SMILES string of the molecule is CC(C)C(NC(=O)C(N)C(C)O)C(=O)NC(Cc1c[nH]c2ccccc12)C(=O)NC(Cc1ccc(O)cc1)C(=O)O. The summed E-state index contributed by atoms with van der Waals surface area (Å²) in [6.45, 7) is 4.75. The largest absolute Gasteiger partial charge is 0.508 e. The van der Waals surface area contributed by atoms with Crippen molar-refractivity contribution in [1.82, 2.24) is 20.9 Å². The molecule has 12 nitrogen and oxygen atoms in total. The number of rotatable bonds is 13. The molecule has 3 aromatic rings. The van der Waals surface area contributed by atoms with Crippen LogP contribution < -0.4 is 21.7 Å². The van der Waals surface area contributed by atoms with Gasteiger partial charge in [-0.1, -0.05) is 44.2 Å². The number of nitrogens with two attached hydrogens (primary N) is 1. The summed E-state index contributed by atoms with van der Waals surface area (Å²) < 4.78 is 0. The topological polar surface area (TPSA) is 207 Å². The second-order valence-electron chi connectivity index (χ2n) is 10.4. The Balaban J connectivity index is 1.86. The van der Waals surface area contributed by atoms with Gasteiger partial charge in [-0.3, -0.25) is 14.4 Å². The Morgan fingerprint density at radius 3 is 2.10 bits per heavy atom. The Bertz CT molecular complexity index is 1370. The summed E-state index contributed by atoms with van der Waals surface area (Å²) in [6.07, 6.45) is 0.537. The number of aromatic hydroxyl groups is 1. The molecule has 0 fully saturated rings. The van der Waals surface area contributed by atoms with Crippen molar-refractivity contribution in [3.8, 4) is 5.75 Å². The summed E-state index contributed by atoms with van der Waals surface area (Å²) in [6, 6.07) is 8.48. The first kappa shape index (κ1) is 31.1. The number of H-pyrrole nitrogens is 1. The number of carbonyl (C=O) groups excluding carboxylic acids is 3. The highest BCUT2D eigenvalue weighted by molar-refractivity contribution is 5.95. The van der Waals surface area contributed by atoms with Crippen LogP contribution in [0.5, 0.6) is 5.75 Å². The molecule has 3 amide bonds. The number of para-hydroxylation sites is 1. The van der Waals surface area contributed by atoms with Crippen molar-refractivity contribution in [2.45, 2.75) is 63.9 Å². The maximum atomic E-state index is 13.5. The van der Waals surface area contributed by atoms with Crippen LogP contribution in [0.3, 0.4) is 0 Å². The number of benzene rings is 2. The predicted molar refractivity (Wildman–Crippen MR) is 152 cm³/mol. The number of aliphatic hydroxyl groups is 1. The summed E-state index contributed by atoms with van der Waals surface area (Å²) in [4.78, 5) is 54.6. The molecule has 0 saturated carbocycles. The predicted octanol–water partition coefficient (Wildman–Crippen LogP) is 0.562. The van der Waals surface area contributed by atoms with Gasteiger partial charge in [-0.15, -0.1) is 0 Å². The standard InChI is InChI=1S/C29H37N5O7/c1-15(2)25(34-27(38)24(30)16(3)35)28(39)32-22(13-18-14-31-21-7-5-4-6-20(18)21)26(37)33-23(29(40)41)12-17-8-10-19(36)11-9-17/h4-11,14-16,22-25,31,35-36H,12-13,30H2,1-3H3,(H,32,39)(H,33,37)(H,34,38)(H,40,41). The zero-order valence-corrected chi connectivity index (χ0v) is 23.1. The molecule has 0 spiro atoms. The van der Waals surface area contributed by atoms with Crippen LogP contribution in [0.25, 0.3) is 10.9 Å². The third-order valence-electron chi connectivity index (χ3n) is 6.79. The van der Waals surface area contributed by atoms with E-state index < -0.39 is 59.9 Å². The van der Waals surface area contributed by atoms with Gasteiger partial charge in [0.25, 0.3) is 0 Å². The number of aliphatic hydroxyl groups excluding tert-OH is 1. The third-order valence-corrected chi connectivity index (χ3v) is 6.79. The molecule has 1 heterocycles. The fourth-order valence-electron chi connectivity index (χ4n) is 4.33. The first-order chi connectivity index (χ1) is 19.4. The number of aromatic amines is 1. The maximum Gasteiger partial charge on any atom is 0.326 e. The molecule has 41 heavy (non-hydrogen) atoms. The van der Waals surface area contributed by atoms with Crippen molar-refractivity contribution in [2.75, 3.05) is 0 Å². The fourth-order valence-corrected chi connectivity index (χ4v) is 4.33. The summed E-state index contributed by atoms with van der Waals surface area (Å²) in [7, 11) is 0. The minimum Gasteiger partial charge on any atom is -0.508 e. The van der Waals surface area contributed by atoms with Crippen molar-refractivity contribution in [2.24, 2.45) is 11.7 Å². The van der Waals surface area contributed by atoms with Gasteiger partial charge >= 0.3 is 5.97 Å². The Morgan fingerprint density at radius 1 is 0.854 bits per heavy atom. The Morgan fingerprint density at radius 2 is 1.49 bits per heavy atom. The van der Waals surface area contributed by atoms with Crippen molar-refractivity contribution in [3.05, 3.63) is 65.9 Å². The third kappa shape index (κ3) is 8.29. The minimum absolute atomic E-state index is 0.0207. The maximum absolute atomic E-state index is 13.5. The van der Waals surface area contributed by atoms with E-state index in [0.29, 0.717) is 11.1 Å². The summed E-state index contributed by atoms with van der Waals surface area (Å²) in [5.74, 6) is -3.79. The van der Waals surface area contributed by atoms with E-state index in [9.17, 15) is 34.5 Å². The summed E-state index contributed by atoms with van der Waals surface area (Å²) >= 11 is 0. The van der Waals surface area contributed by atoms with Crippen LogP contribution in [-0.2, 0) is 32.0 Å². The fraction of sp³-hybridized carbons (Fsp3) is 0.379. The van der Waals surface area contributed by atoms with Crippen LogP contribution in [0.4, 0.5) is 0 Å². The number of carboxylic acids is 1. The number of carboxylic acid groups (broad SMARTS) is 1. The Hall–Kier alpha value is -4.42. The molecule has 0 saturated heterocycles. The van der Waals surface area contributed by atoms with Gasteiger partial charge in [-0.2, -0.15) is 0 Å². The quantitative estimate of drug-likeness (QED) is 0.146.